The second kappa shape index (κ2) is 7.61. The fraction of sp³-hybridized carbons (Fsp3) is 0.389. The number of halogens is 1. The van der Waals surface area contributed by atoms with Crippen molar-refractivity contribution in [2.75, 3.05) is 13.1 Å². The van der Waals surface area contributed by atoms with Gasteiger partial charge >= 0.3 is 5.97 Å². The van der Waals surface area contributed by atoms with Gasteiger partial charge in [-0.3, -0.25) is 9.69 Å². The van der Waals surface area contributed by atoms with Gasteiger partial charge in [-0.2, -0.15) is 0 Å². The number of likely N-dealkylation sites (tertiary alicyclic amines) is 1. The molecule has 2 aromatic rings. The number of fused-ring (bicyclic) bond motifs is 1. The van der Waals surface area contributed by atoms with E-state index in [1.54, 1.807) is 0 Å². The molecule has 118 valence electrons. The fourth-order valence-corrected chi connectivity index (χ4v) is 3.36. The fourth-order valence-electron chi connectivity index (χ4n) is 3.36. The summed E-state index contributed by atoms with van der Waals surface area (Å²) in [5, 5.41) is 11.8. The quantitative estimate of drug-likeness (QED) is 0.912. The summed E-state index contributed by atoms with van der Waals surface area (Å²) in [6, 6.07) is 14.6. The summed E-state index contributed by atoms with van der Waals surface area (Å²) < 4.78 is 0. The zero-order chi connectivity index (χ0) is 14.7. The largest absolute Gasteiger partial charge is 0.480 e. The van der Waals surface area contributed by atoms with Gasteiger partial charge in [-0.1, -0.05) is 42.5 Å². The highest BCUT2D eigenvalue weighted by molar-refractivity contribution is 5.86. The van der Waals surface area contributed by atoms with Crippen LogP contribution >= 0.6 is 12.4 Å². The predicted octanol–water partition coefficient (Wildman–Crippen LogP) is 3.74. The van der Waals surface area contributed by atoms with Crippen LogP contribution in [0.4, 0.5) is 0 Å². The molecule has 3 nitrogen and oxygen atoms in total. The smallest absolute Gasteiger partial charge is 0.320 e. The molecule has 3 rings (SSSR count). The number of hydrogen-bond acceptors (Lipinski definition) is 2. The molecule has 0 saturated carbocycles. The van der Waals surface area contributed by atoms with E-state index in [2.05, 4.69) is 47.4 Å². The van der Waals surface area contributed by atoms with Crippen molar-refractivity contribution in [2.45, 2.75) is 31.7 Å². The standard InChI is InChI=1S/C18H21NO2.ClH/c20-18(21)17-11-5-13-19(17)12-4-9-15-8-3-7-14-6-1-2-10-16(14)15;/h1-3,6-8,10,17H,4-5,9,11-13H2,(H,20,21);1H/t17-;/m1./s1. The van der Waals surface area contributed by atoms with Crippen molar-refractivity contribution in [1.82, 2.24) is 4.90 Å². The molecule has 1 fully saturated rings. The van der Waals surface area contributed by atoms with Crippen molar-refractivity contribution in [1.29, 1.82) is 0 Å². The molecule has 1 aliphatic rings. The third-order valence-corrected chi connectivity index (χ3v) is 4.42. The minimum Gasteiger partial charge on any atom is -0.480 e. The first-order valence-electron chi connectivity index (χ1n) is 7.69. The van der Waals surface area contributed by atoms with Crippen molar-refractivity contribution < 1.29 is 9.90 Å². The van der Waals surface area contributed by atoms with Crippen molar-refractivity contribution in [3.8, 4) is 0 Å². The monoisotopic (exact) mass is 319 g/mol. The molecule has 0 bridgehead atoms. The molecular weight excluding hydrogens is 298 g/mol. The summed E-state index contributed by atoms with van der Waals surface area (Å²) in [5.74, 6) is -0.669. The van der Waals surface area contributed by atoms with Crippen molar-refractivity contribution in [2.24, 2.45) is 0 Å². The van der Waals surface area contributed by atoms with Gasteiger partial charge in [0.1, 0.15) is 6.04 Å². The number of nitrogens with zero attached hydrogens (tertiary/aromatic N) is 1. The summed E-state index contributed by atoms with van der Waals surface area (Å²) in [4.78, 5) is 13.3. The Balaban J connectivity index is 0.00000176. The molecule has 0 radical (unpaired) electrons. The first kappa shape index (κ1) is 16.8. The van der Waals surface area contributed by atoms with E-state index in [0.717, 1.165) is 38.8 Å². The second-order valence-electron chi connectivity index (χ2n) is 5.77. The highest BCUT2D eigenvalue weighted by Crippen LogP contribution is 2.21. The van der Waals surface area contributed by atoms with E-state index in [9.17, 15) is 9.90 Å². The average Bonchev–Trinajstić information content (AvgIpc) is 2.96. The molecule has 0 unspecified atom stereocenters. The van der Waals surface area contributed by atoms with Crippen LogP contribution in [0.1, 0.15) is 24.8 Å². The van der Waals surface area contributed by atoms with E-state index in [1.807, 2.05) is 0 Å². The molecule has 1 atom stereocenters. The molecule has 0 aliphatic carbocycles. The van der Waals surface area contributed by atoms with Crippen LogP contribution in [0.2, 0.25) is 0 Å². The van der Waals surface area contributed by atoms with Gasteiger partial charge in [-0.05, 0) is 55.1 Å². The van der Waals surface area contributed by atoms with E-state index >= 15 is 0 Å². The maximum Gasteiger partial charge on any atom is 0.320 e. The van der Waals surface area contributed by atoms with E-state index in [-0.39, 0.29) is 18.4 Å². The number of rotatable bonds is 5. The second-order valence-corrected chi connectivity index (χ2v) is 5.77. The van der Waals surface area contributed by atoms with Gasteiger partial charge in [-0.15, -0.1) is 12.4 Å². The van der Waals surface area contributed by atoms with Crippen LogP contribution < -0.4 is 0 Å². The van der Waals surface area contributed by atoms with Crippen LogP contribution in [0.15, 0.2) is 42.5 Å². The highest BCUT2D eigenvalue weighted by Gasteiger charge is 2.29. The lowest BCUT2D eigenvalue weighted by Crippen LogP contribution is -2.36. The van der Waals surface area contributed by atoms with Crippen molar-refractivity contribution in [3.63, 3.8) is 0 Å². The maximum atomic E-state index is 11.2. The van der Waals surface area contributed by atoms with Crippen LogP contribution in [0.3, 0.4) is 0 Å². The number of aryl methyl sites for hydroxylation is 1. The lowest BCUT2D eigenvalue weighted by molar-refractivity contribution is -0.142. The first-order valence-corrected chi connectivity index (χ1v) is 7.69. The molecule has 0 amide bonds. The molecule has 1 heterocycles. The Kier molecular flexibility index (Phi) is 5.81. The first-order chi connectivity index (χ1) is 10.3. The lowest BCUT2D eigenvalue weighted by Gasteiger charge is -2.20. The number of benzene rings is 2. The van der Waals surface area contributed by atoms with Gasteiger partial charge in [0, 0.05) is 0 Å². The van der Waals surface area contributed by atoms with Crippen molar-refractivity contribution >= 4 is 29.1 Å². The van der Waals surface area contributed by atoms with Crippen LogP contribution in [-0.4, -0.2) is 35.1 Å². The van der Waals surface area contributed by atoms with Gasteiger partial charge in [0.2, 0.25) is 0 Å². The van der Waals surface area contributed by atoms with Crippen molar-refractivity contribution in [3.05, 3.63) is 48.0 Å². The molecule has 2 aromatic carbocycles. The SMILES string of the molecule is Cl.O=C(O)[C@H]1CCCN1CCCc1cccc2ccccc12. The predicted molar refractivity (Wildman–Crippen MR) is 91.7 cm³/mol. The van der Waals surface area contributed by atoms with E-state index < -0.39 is 5.97 Å². The van der Waals surface area contributed by atoms with Gasteiger partial charge in [0.05, 0.1) is 0 Å². The Morgan fingerprint density at radius 1 is 1.18 bits per heavy atom. The number of carboxylic acid groups (broad SMARTS) is 1. The minimum absolute atomic E-state index is 0. The molecule has 1 N–H and O–H groups in total. The molecule has 1 aliphatic heterocycles. The summed E-state index contributed by atoms with van der Waals surface area (Å²) in [5.41, 5.74) is 1.36. The average molecular weight is 320 g/mol. The van der Waals surface area contributed by atoms with E-state index in [0.29, 0.717) is 0 Å². The van der Waals surface area contributed by atoms with Gasteiger partial charge < -0.3 is 5.11 Å². The molecular formula is C18H22ClNO2. The molecule has 4 heteroatoms. The minimum atomic E-state index is -0.669. The maximum absolute atomic E-state index is 11.2. The zero-order valence-corrected chi connectivity index (χ0v) is 13.4. The third-order valence-electron chi connectivity index (χ3n) is 4.42. The Morgan fingerprint density at radius 3 is 2.77 bits per heavy atom. The van der Waals surface area contributed by atoms with Gasteiger partial charge in [0.25, 0.3) is 0 Å². The van der Waals surface area contributed by atoms with E-state index in [4.69, 9.17) is 0 Å². The Hall–Kier alpha value is -1.58. The molecule has 0 aromatic heterocycles. The Labute approximate surface area is 137 Å². The molecule has 22 heavy (non-hydrogen) atoms. The normalized spacial score (nSPS) is 18.3. The number of hydrogen-bond donors (Lipinski definition) is 1. The Bertz CT molecular complexity index is 639. The van der Waals surface area contributed by atoms with Crippen LogP contribution in [0.5, 0.6) is 0 Å². The summed E-state index contributed by atoms with van der Waals surface area (Å²) >= 11 is 0. The van der Waals surface area contributed by atoms with Crippen LogP contribution in [0, 0.1) is 0 Å². The lowest BCUT2D eigenvalue weighted by atomic mass is 10.0. The van der Waals surface area contributed by atoms with Gasteiger partial charge in [-0.25, -0.2) is 0 Å². The van der Waals surface area contributed by atoms with Crippen LogP contribution in [-0.2, 0) is 11.2 Å². The zero-order valence-electron chi connectivity index (χ0n) is 12.6. The topological polar surface area (TPSA) is 40.5 Å². The van der Waals surface area contributed by atoms with E-state index in [1.165, 1.54) is 16.3 Å². The summed E-state index contributed by atoms with van der Waals surface area (Å²) in [6.07, 6.45) is 3.82. The summed E-state index contributed by atoms with van der Waals surface area (Å²) in [7, 11) is 0. The summed E-state index contributed by atoms with van der Waals surface area (Å²) in [6.45, 7) is 1.80. The molecule has 1 saturated heterocycles. The third kappa shape index (κ3) is 3.60. The van der Waals surface area contributed by atoms with Gasteiger partial charge in [0.15, 0.2) is 0 Å². The number of carbonyl (C=O) groups is 1. The highest BCUT2D eigenvalue weighted by atomic mass is 35.5. The molecule has 0 spiro atoms. The number of aliphatic carboxylic acids is 1. The number of carboxylic acids is 1. The van der Waals surface area contributed by atoms with Crippen LogP contribution in [0.25, 0.3) is 10.8 Å². The Morgan fingerprint density at radius 2 is 1.95 bits per heavy atom.